The molecule has 7 heteroatoms. The molecule has 2 aromatic carbocycles. The molecular weight excluding hydrogens is 470 g/mol. The molecule has 0 N–H and O–H groups in total. The first kappa shape index (κ1) is 26.6. The summed E-state index contributed by atoms with van der Waals surface area (Å²) < 4.78 is 22.8. The third-order valence-electron chi connectivity index (χ3n) is 7.24. The van der Waals surface area contributed by atoms with Gasteiger partial charge in [-0.25, -0.2) is 4.79 Å². The number of aryl methyl sites for hydroxylation is 1. The third kappa shape index (κ3) is 5.60. The van der Waals surface area contributed by atoms with Crippen molar-refractivity contribution in [1.82, 2.24) is 4.90 Å². The molecule has 0 aliphatic carbocycles. The minimum Gasteiger partial charge on any atom is -0.493 e. The maximum absolute atomic E-state index is 13.8. The number of amides is 1. The van der Waals surface area contributed by atoms with Crippen molar-refractivity contribution in [3.8, 4) is 17.2 Å². The summed E-state index contributed by atoms with van der Waals surface area (Å²) in [5.74, 6) is 2.06. The lowest BCUT2D eigenvalue weighted by molar-refractivity contribution is -0.140. The van der Waals surface area contributed by atoms with Crippen LogP contribution in [0.25, 0.3) is 11.0 Å². The zero-order chi connectivity index (χ0) is 26.5. The van der Waals surface area contributed by atoms with Gasteiger partial charge < -0.3 is 23.5 Å². The zero-order valence-electron chi connectivity index (χ0n) is 22.5. The van der Waals surface area contributed by atoms with E-state index in [4.69, 9.17) is 18.6 Å². The van der Waals surface area contributed by atoms with E-state index < -0.39 is 0 Å². The van der Waals surface area contributed by atoms with Gasteiger partial charge in [0.1, 0.15) is 17.9 Å². The average molecular weight is 508 g/mol. The fourth-order valence-electron chi connectivity index (χ4n) is 5.36. The number of carbonyl (C=O) groups is 1. The Bertz CT molecular complexity index is 1310. The summed E-state index contributed by atoms with van der Waals surface area (Å²) >= 11 is 0. The Kier molecular flexibility index (Phi) is 8.41. The lowest BCUT2D eigenvalue weighted by Gasteiger charge is -2.39. The maximum Gasteiger partial charge on any atom is 0.336 e. The number of benzene rings is 2. The molecule has 1 aliphatic heterocycles. The molecule has 0 saturated carbocycles. The Morgan fingerprint density at radius 1 is 1.05 bits per heavy atom. The van der Waals surface area contributed by atoms with Crippen LogP contribution in [0.1, 0.15) is 62.3 Å². The Morgan fingerprint density at radius 2 is 1.76 bits per heavy atom. The minimum atomic E-state index is -0.390. The second-order valence-electron chi connectivity index (χ2n) is 9.70. The largest absolute Gasteiger partial charge is 0.493 e. The molecule has 1 aliphatic rings. The molecule has 4 rings (SSSR count). The van der Waals surface area contributed by atoms with E-state index in [2.05, 4.69) is 13.8 Å². The fraction of sp³-hybridized carbons (Fsp3) is 0.467. The van der Waals surface area contributed by atoms with Crippen LogP contribution in [0.15, 0.2) is 45.6 Å². The molecule has 0 saturated heterocycles. The number of fused-ring (bicyclic) bond motifs is 2. The predicted octanol–water partition coefficient (Wildman–Crippen LogP) is 5.84. The van der Waals surface area contributed by atoms with Crippen molar-refractivity contribution in [2.75, 3.05) is 27.4 Å². The molecule has 7 nitrogen and oxygen atoms in total. The first-order valence-electron chi connectivity index (χ1n) is 13.1. The maximum atomic E-state index is 13.8. The molecular formula is C30H37NO6. The van der Waals surface area contributed by atoms with E-state index >= 15 is 0 Å². The third-order valence-corrected chi connectivity index (χ3v) is 7.24. The minimum absolute atomic E-state index is 0.00267. The highest BCUT2D eigenvalue weighted by molar-refractivity contribution is 5.81. The monoisotopic (exact) mass is 507 g/mol. The molecule has 0 spiro atoms. The van der Waals surface area contributed by atoms with Gasteiger partial charge in [0.05, 0.1) is 20.3 Å². The fourth-order valence-corrected chi connectivity index (χ4v) is 5.36. The highest BCUT2D eigenvalue weighted by Gasteiger charge is 2.35. The van der Waals surface area contributed by atoms with Crippen molar-refractivity contribution >= 4 is 16.9 Å². The van der Waals surface area contributed by atoms with E-state index in [1.54, 1.807) is 20.3 Å². The second kappa shape index (κ2) is 11.7. The molecule has 0 radical (unpaired) electrons. The standard InChI is InChI=1S/C30H37NO6/c1-6-8-20(9-7-2)30(33)31-13-12-21-15-27(34-4)28(35-5)17-24(21)25(31)18-36-22-10-11-23-19(3)14-29(32)37-26(23)16-22/h10-11,14-17,20,25H,6-9,12-13,18H2,1-5H3. The molecule has 37 heavy (non-hydrogen) atoms. The van der Waals surface area contributed by atoms with Crippen molar-refractivity contribution in [3.05, 3.63) is 63.5 Å². The van der Waals surface area contributed by atoms with Gasteiger partial charge in [-0.05, 0) is 67.1 Å². The van der Waals surface area contributed by atoms with E-state index in [1.165, 1.54) is 6.07 Å². The van der Waals surface area contributed by atoms with Crippen LogP contribution in [0.5, 0.6) is 17.2 Å². The quantitative estimate of drug-likeness (QED) is 0.321. The van der Waals surface area contributed by atoms with Crippen LogP contribution in [0.2, 0.25) is 0 Å². The van der Waals surface area contributed by atoms with Crippen LogP contribution in [-0.4, -0.2) is 38.2 Å². The predicted molar refractivity (Wildman–Crippen MR) is 144 cm³/mol. The van der Waals surface area contributed by atoms with E-state index in [0.29, 0.717) is 29.4 Å². The Hall–Kier alpha value is -3.48. The molecule has 0 bridgehead atoms. The van der Waals surface area contributed by atoms with Crippen LogP contribution < -0.4 is 19.8 Å². The van der Waals surface area contributed by atoms with Crippen molar-refractivity contribution in [2.24, 2.45) is 5.92 Å². The molecule has 198 valence electrons. The molecule has 1 atom stereocenters. The van der Waals surface area contributed by atoms with Gasteiger partial charge in [-0.2, -0.15) is 0 Å². The summed E-state index contributed by atoms with van der Waals surface area (Å²) in [5, 5.41) is 0.866. The van der Waals surface area contributed by atoms with Gasteiger partial charge in [0.2, 0.25) is 5.91 Å². The summed E-state index contributed by atoms with van der Waals surface area (Å²) in [6.45, 7) is 7.01. The van der Waals surface area contributed by atoms with Crippen LogP contribution >= 0.6 is 0 Å². The summed E-state index contributed by atoms with van der Waals surface area (Å²) in [5.41, 5.74) is 3.08. The molecule has 3 aromatic rings. The zero-order valence-corrected chi connectivity index (χ0v) is 22.5. The average Bonchev–Trinajstić information content (AvgIpc) is 2.89. The Labute approximate surface area is 218 Å². The lowest BCUT2D eigenvalue weighted by atomic mass is 9.89. The topological polar surface area (TPSA) is 78.2 Å². The summed E-state index contributed by atoms with van der Waals surface area (Å²) in [6.07, 6.45) is 4.42. The number of rotatable bonds is 10. The number of hydrogen-bond donors (Lipinski definition) is 0. The lowest BCUT2D eigenvalue weighted by Crippen LogP contribution is -2.45. The first-order valence-corrected chi connectivity index (χ1v) is 13.1. The molecule has 1 amide bonds. The van der Waals surface area contributed by atoms with Gasteiger partial charge in [-0.15, -0.1) is 0 Å². The second-order valence-corrected chi connectivity index (χ2v) is 9.70. The van der Waals surface area contributed by atoms with E-state index in [0.717, 1.165) is 54.2 Å². The SMILES string of the molecule is CCCC(CCC)C(=O)N1CCc2cc(OC)c(OC)cc2C1COc1ccc2c(C)cc(=O)oc2c1. The number of methoxy groups -OCH3 is 2. The van der Waals surface area contributed by atoms with Gasteiger partial charge in [0, 0.05) is 30.0 Å². The van der Waals surface area contributed by atoms with E-state index in [9.17, 15) is 9.59 Å². The summed E-state index contributed by atoms with van der Waals surface area (Å²) in [6, 6.07) is 10.7. The highest BCUT2D eigenvalue weighted by atomic mass is 16.5. The number of ether oxygens (including phenoxy) is 3. The summed E-state index contributed by atoms with van der Waals surface area (Å²) in [7, 11) is 3.24. The number of nitrogens with zero attached hydrogens (tertiary/aromatic N) is 1. The van der Waals surface area contributed by atoms with Crippen LogP contribution in [0.4, 0.5) is 0 Å². The van der Waals surface area contributed by atoms with E-state index in [1.807, 2.05) is 36.1 Å². The number of carbonyl (C=O) groups excluding carboxylic acids is 1. The molecule has 2 heterocycles. The number of hydrogen-bond acceptors (Lipinski definition) is 6. The highest BCUT2D eigenvalue weighted by Crippen LogP contribution is 2.39. The van der Waals surface area contributed by atoms with Crippen LogP contribution in [0.3, 0.4) is 0 Å². The smallest absolute Gasteiger partial charge is 0.336 e. The van der Waals surface area contributed by atoms with Gasteiger partial charge in [-0.3, -0.25) is 4.79 Å². The summed E-state index contributed by atoms with van der Waals surface area (Å²) in [4.78, 5) is 27.7. The molecule has 1 aromatic heterocycles. The molecule has 1 unspecified atom stereocenters. The van der Waals surface area contributed by atoms with Gasteiger partial charge in [0.15, 0.2) is 11.5 Å². The van der Waals surface area contributed by atoms with Gasteiger partial charge in [-0.1, -0.05) is 26.7 Å². The normalized spacial score (nSPS) is 15.1. The van der Waals surface area contributed by atoms with Crippen molar-refractivity contribution in [1.29, 1.82) is 0 Å². The molecule has 0 fully saturated rings. The van der Waals surface area contributed by atoms with Crippen LogP contribution in [-0.2, 0) is 11.2 Å². The first-order chi connectivity index (χ1) is 17.9. The van der Waals surface area contributed by atoms with Crippen LogP contribution in [0, 0.1) is 12.8 Å². The van der Waals surface area contributed by atoms with Gasteiger partial charge in [0.25, 0.3) is 0 Å². The van der Waals surface area contributed by atoms with Crippen molar-refractivity contribution in [3.63, 3.8) is 0 Å². The van der Waals surface area contributed by atoms with Crippen molar-refractivity contribution in [2.45, 2.75) is 58.9 Å². The van der Waals surface area contributed by atoms with Crippen molar-refractivity contribution < 1.29 is 23.4 Å². The van der Waals surface area contributed by atoms with E-state index in [-0.39, 0.29) is 30.1 Å². The van der Waals surface area contributed by atoms with Gasteiger partial charge >= 0.3 is 5.63 Å². The Balaban J connectivity index is 1.69. The Morgan fingerprint density at radius 3 is 2.43 bits per heavy atom.